The number of allylic oxidation sites excluding steroid dienone is 1. The summed E-state index contributed by atoms with van der Waals surface area (Å²) in [5, 5.41) is 0. The van der Waals surface area contributed by atoms with E-state index in [1.54, 1.807) is 12.1 Å². The molecule has 0 saturated heterocycles. The molecule has 0 aliphatic carbocycles. The van der Waals surface area contributed by atoms with Crippen molar-refractivity contribution in [1.82, 2.24) is 0 Å². The van der Waals surface area contributed by atoms with E-state index in [2.05, 4.69) is 6.58 Å². The minimum absolute atomic E-state index is 0.123. The predicted octanol–water partition coefficient (Wildman–Crippen LogP) is 4.54. The first kappa shape index (κ1) is 22.7. The Morgan fingerprint density at radius 3 is 1.58 bits per heavy atom. The van der Waals surface area contributed by atoms with Crippen molar-refractivity contribution in [3.8, 4) is 5.75 Å². The van der Waals surface area contributed by atoms with Crippen molar-refractivity contribution in [3.05, 3.63) is 103 Å². The minimum atomic E-state index is -5.04. The number of alkyl halides is 1. The zero-order valence-corrected chi connectivity index (χ0v) is 18.3. The summed E-state index contributed by atoms with van der Waals surface area (Å²) >= 11 is 0. The molecule has 3 aromatic carbocycles. The van der Waals surface area contributed by atoms with Gasteiger partial charge in [0.15, 0.2) is 0 Å². The van der Waals surface area contributed by atoms with Crippen LogP contribution in [0.4, 0.5) is 4.39 Å². The fraction of sp³-hybridized carbons (Fsp3) is 0.130. The van der Waals surface area contributed by atoms with Gasteiger partial charge in [-0.05, 0) is 42.0 Å². The summed E-state index contributed by atoms with van der Waals surface area (Å²) in [5.74, 6) is -1.26. The Balaban J connectivity index is 2.34. The van der Waals surface area contributed by atoms with Gasteiger partial charge in [0.1, 0.15) is 5.75 Å². The van der Waals surface area contributed by atoms with Gasteiger partial charge in [-0.25, -0.2) is 21.2 Å². The Kier molecular flexibility index (Phi) is 6.33. The van der Waals surface area contributed by atoms with Crippen molar-refractivity contribution >= 4 is 19.7 Å². The zero-order valence-electron chi connectivity index (χ0n) is 16.7. The van der Waals surface area contributed by atoms with Crippen LogP contribution in [-0.2, 0) is 19.7 Å². The molecule has 3 aromatic rings. The average Bonchev–Trinajstić information content (AvgIpc) is 2.80. The van der Waals surface area contributed by atoms with Gasteiger partial charge >= 0.3 is 4.33 Å². The standard InChI is InChI=1S/C23H21FO5S2/c1-3-22(18-14-16-19(29-2)17-15-18)23(24,30(25,26)20-10-6-4-7-11-20)31(27,28)21-12-8-5-9-13-21/h3-17,22H,1H2,2H3/t22-/m0/s1. The molecule has 1 atom stereocenters. The Morgan fingerprint density at radius 2 is 1.23 bits per heavy atom. The highest BCUT2D eigenvalue weighted by atomic mass is 32.3. The summed E-state index contributed by atoms with van der Waals surface area (Å²) in [6, 6.07) is 19.2. The highest BCUT2D eigenvalue weighted by Crippen LogP contribution is 2.47. The van der Waals surface area contributed by atoms with Gasteiger partial charge in [-0.1, -0.05) is 54.6 Å². The van der Waals surface area contributed by atoms with Crippen molar-refractivity contribution in [2.75, 3.05) is 7.11 Å². The number of hydrogen-bond acceptors (Lipinski definition) is 5. The summed E-state index contributed by atoms with van der Waals surface area (Å²) < 4.78 is 72.5. The number of ether oxygens (including phenoxy) is 1. The summed E-state index contributed by atoms with van der Waals surface area (Å²) in [6.07, 6.45) is 1.00. The molecular formula is C23H21FO5S2. The van der Waals surface area contributed by atoms with Gasteiger partial charge in [0.05, 0.1) is 22.8 Å². The SMILES string of the molecule is C=C[C@@H](c1ccc(OC)cc1)C(F)(S(=O)(=O)c1ccccc1)S(=O)(=O)c1ccccc1. The molecule has 0 spiro atoms. The van der Waals surface area contributed by atoms with Crippen LogP contribution in [0.25, 0.3) is 0 Å². The van der Waals surface area contributed by atoms with Crippen LogP contribution < -0.4 is 4.74 Å². The van der Waals surface area contributed by atoms with E-state index in [1.165, 1.54) is 79.9 Å². The fourth-order valence-corrected chi connectivity index (χ4v) is 7.83. The van der Waals surface area contributed by atoms with Crippen LogP contribution in [0.5, 0.6) is 5.75 Å². The maximum absolute atomic E-state index is 17.0. The number of halogens is 1. The molecule has 0 N–H and O–H groups in total. The number of hydrogen-bond donors (Lipinski definition) is 0. The fourth-order valence-electron chi connectivity index (χ4n) is 3.29. The van der Waals surface area contributed by atoms with E-state index in [4.69, 9.17) is 4.74 Å². The molecule has 0 radical (unpaired) electrons. The third-order valence-corrected chi connectivity index (χ3v) is 10.00. The lowest BCUT2D eigenvalue weighted by Crippen LogP contribution is -2.47. The van der Waals surface area contributed by atoms with Crippen molar-refractivity contribution in [2.24, 2.45) is 0 Å². The molecule has 0 saturated carbocycles. The molecule has 0 aliphatic heterocycles. The van der Waals surface area contributed by atoms with Gasteiger partial charge in [-0.3, -0.25) is 0 Å². The minimum Gasteiger partial charge on any atom is -0.497 e. The average molecular weight is 461 g/mol. The summed E-state index contributed by atoms with van der Waals surface area (Å²) in [5.41, 5.74) is 0.123. The lowest BCUT2D eigenvalue weighted by molar-refractivity contribution is 0.331. The van der Waals surface area contributed by atoms with Crippen LogP contribution in [0.15, 0.2) is 107 Å². The second-order valence-electron chi connectivity index (χ2n) is 6.70. The Morgan fingerprint density at radius 1 is 0.806 bits per heavy atom. The molecule has 5 nitrogen and oxygen atoms in total. The van der Waals surface area contributed by atoms with Gasteiger partial charge in [-0.15, -0.1) is 6.58 Å². The quantitative estimate of drug-likeness (QED) is 0.462. The number of rotatable bonds is 8. The topological polar surface area (TPSA) is 77.5 Å². The number of benzene rings is 3. The monoisotopic (exact) mass is 460 g/mol. The van der Waals surface area contributed by atoms with E-state index in [1.807, 2.05) is 0 Å². The third-order valence-electron chi connectivity index (χ3n) is 4.92. The maximum atomic E-state index is 17.0. The van der Waals surface area contributed by atoms with Crippen LogP contribution in [0.2, 0.25) is 0 Å². The number of sulfone groups is 2. The van der Waals surface area contributed by atoms with Crippen LogP contribution >= 0.6 is 0 Å². The van der Waals surface area contributed by atoms with Gasteiger partial charge in [0, 0.05) is 0 Å². The molecule has 0 heterocycles. The lowest BCUT2D eigenvalue weighted by Gasteiger charge is -2.31. The second-order valence-corrected chi connectivity index (χ2v) is 11.1. The van der Waals surface area contributed by atoms with Crippen LogP contribution in [0, 0.1) is 0 Å². The first-order chi connectivity index (χ1) is 14.7. The molecule has 0 amide bonds. The second kappa shape index (κ2) is 8.64. The molecule has 31 heavy (non-hydrogen) atoms. The van der Waals surface area contributed by atoms with Crippen molar-refractivity contribution in [3.63, 3.8) is 0 Å². The van der Waals surface area contributed by atoms with Gasteiger partial charge < -0.3 is 4.74 Å². The predicted molar refractivity (Wildman–Crippen MR) is 117 cm³/mol. The summed E-state index contributed by atoms with van der Waals surface area (Å²) in [7, 11) is -8.63. The number of methoxy groups -OCH3 is 1. The molecule has 0 bridgehead atoms. The van der Waals surface area contributed by atoms with E-state index >= 15 is 4.39 Å². The first-order valence-electron chi connectivity index (χ1n) is 9.25. The Hall–Kier alpha value is -2.97. The molecule has 162 valence electrons. The van der Waals surface area contributed by atoms with Crippen LogP contribution in [-0.4, -0.2) is 28.3 Å². The van der Waals surface area contributed by atoms with Gasteiger partial charge in [-0.2, -0.15) is 0 Å². The molecular weight excluding hydrogens is 439 g/mol. The molecule has 0 aliphatic rings. The molecule has 0 aromatic heterocycles. The van der Waals surface area contributed by atoms with Crippen LogP contribution in [0.1, 0.15) is 11.5 Å². The molecule has 0 fully saturated rings. The van der Waals surface area contributed by atoms with E-state index < -0.39 is 39.7 Å². The normalized spacial score (nSPS) is 13.4. The highest BCUT2D eigenvalue weighted by molar-refractivity contribution is 8.10. The first-order valence-corrected chi connectivity index (χ1v) is 12.2. The molecule has 8 heteroatoms. The summed E-state index contributed by atoms with van der Waals surface area (Å²) in [6.45, 7) is 3.56. The Bertz CT molecular complexity index is 1190. The van der Waals surface area contributed by atoms with E-state index in [-0.39, 0.29) is 5.56 Å². The lowest BCUT2D eigenvalue weighted by atomic mass is 10.00. The smallest absolute Gasteiger partial charge is 0.327 e. The largest absolute Gasteiger partial charge is 0.497 e. The molecule has 3 rings (SSSR count). The third kappa shape index (κ3) is 3.77. The van der Waals surface area contributed by atoms with Crippen molar-refractivity contribution in [1.29, 1.82) is 0 Å². The van der Waals surface area contributed by atoms with Gasteiger partial charge in [0.2, 0.25) is 19.7 Å². The summed E-state index contributed by atoms with van der Waals surface area (Å²) in [4.78, 5) is -0.894. The zero-order chi connectivity index (χ0) is 22.7. The van der Waals surface area contributed by atoms with E-state index in [0.29, 0.717) is 5.75 Å². The molecule has 0 unspecified atom stereocenters. The highest BCUT2D eigenvalue weighted by Gasteiger charge is 2.62. The van der Waals surface area contributed by atoms with E-state index in [9.17, 15) is 16.8 Å². The van der Waals surface area contributed by atoms with Crippen molar-refractivity contribution in [2.45, 2.75) is 20.0 Å². The van der Waals surface area contributed by atoms with Gasteiger partial charge in [0.25, 0.3) is 0 Å². The Labute approximate surface area is 181 Å². The maximum Gasteiger partial charge on any atom is 0.327 e. The van der Waals surface area contributed by atoms with Crippen LogP contribution in [0.3, 0.4) is 0 Å². The van der Waals surface area contributed by atoms with Crippen molar-refractivity contribution < 1.29 is 26.0 Å². The van der Waals surface area contributed by atoms with E-state index in [0.717, 1.165) is 6.08 Å².